The molecule has 0 spiro atoms. The van der Waals surface area contributed by atoms with Crippen LogP contribution in [0.5, 0.6) is 0 Å². The molecule has 0 heterocycles. The minimum absolute atomic E-state index is 0.345. The van der Waals surface area contributed by atoms with E-state index in [-0.39, 0.29) is 6.61 Å². The second kappa shape index (κ2) is 26.3. The lowest BCUT2D eigenvalue weighted by Crippen LogP contribution is -2.26. The van der Waals surface area contributed by atoms with E-state index >= 15 is 0 Å². The quantitative estimate of drug-likeness (QED) is 0.0632. The molecule has 0 saturated carbocycles. The van der Waals surface area contributed by atoms with Crippen LogP contribution in [0.3, 0.4) is 0 Å². The molecule has 0 aliphatic rings. The lowest BCUT2D eigenvalue weighted by Gasteiger charge is -2.27. The van der Waals surface area contributed by atoms with E-state index in [0.717, 1.165) is 31.5 Å². The monoisotopic (exact) mass is 587 g/mol. The zero-order valence-electron chi connectivity index (χ0n) is 24.8. The molecule has 10 heteroatoms. The molecule has 0 aromatic rings. The van der Waals surface area contributed by atoms with Crippen LogP contribution in [0.2, 0.25) is 0 Å². The molecule has 0 aliphatic carbocycles. The number of phosphoric acid groups is 1. The van der Waals surface area contributed by atoms with Crippen molar-refractivity contribution >= 4 is 15.1 Å². The Morgan fingerprint density at radius 3 is 1.50 bits per heavy atom. The van der Waals surface area contributed by atoms with Gasteiger partial charge in [0.15, 0.2) is 0 Å². The van der Waals surface area contributed by atoms with E-state index in [1.54, 1.807) is 0 Å². The zero-order chi connectivity index (χ0) is 28.4. The first-order chi connectivity index (χ1) is 18.3. The Hall–Kier alpha value is 0.380. The highest BCUT2D eigenvalue weighted by atomic mass is 31.2. The van der Waals surface area contributed by atoms with Gasteiger partial charge in [-0.3, -0.25) is 4.52 Å². The maximum Gasteiger partial charge on any atom is 0.469 e. The number of aliphatic hydroxyl groups excluding tert-OH is 1. The first-order valence-electron chi connectivity index (χ1n) is 15.2. The average molecular weight is 588 g/mol. The Morgan fingerprint density at radius 1 is 0.632 bits per heavy atom. The van der Waals surface area contributed by atoms with E-state index in [2.05, 4.69) is 25.3 Å². The van der Waals surface area contributed by atoms with E-state index < -0.39 is 21.2 Å². The summed E-state index contributed by atoms with van der Waals surface area (Å²) in [5.74, 6) is 0. The molecule has 38 heavy (non-hydrogen) atoms. The van der Waals surface area contributed by atoms with Crippen molar-refractivity contribution in [1.82, 2.24) is 0 Å². The van der Waals surface area contributed by atoms with Crippen LogP contribution >= 0.6 is 15.1 Å². The summed E-state index contributed by atoms with van der Waals surface area (Å²) < 4.78 is 32.3. The fourth-order valence-electron chi connectivity index (χ4n) is 4.59. The van der Waals surface area contributed by atoms with E-state index in [1.807, 2.05) is 0 Å². The SMILES string of the molecule is CCCCCCCCCCCCCCCOCCOCCOCC[P+](CC)(CC)CC(O)COP(=O)(O)O. The lowest BCUT2D eigenvalue weighted by molar-refractivity contribution is 0.0165. The van der Waals surface area contributed by atoms with Crippen molar-refractivity contribution in [2.75, 3.05) is 70.9 Å². The number of rotatable bonds is 30. The maximum atomic E-state index is 10.8. The topological polar surface area (TPSA) is 115 Å². The van der Waals surface area contributed by atoms with Gasteiger partial charge in [0.2, 0.25) is 0 Å². The van der Waals surface area contributed by atoms with Gasteiger partial charge in [-0.15, -0.1) is 0 Å². The standard InChI is InChI=1S/C28H60O8P2/c1-4-7-8-9-10-11-12-13-14-15-16-17-18-19-33-20-21-34-22-23-35-24-25-37(5-2,6-3)27-28(29)26-36-38(30,31)32/h28-29H,4-27H2,1-3H3,(H-,30,31,32)/p+1. The van der Waals surface area contributed by atoms with Crippen LogP contribution in [0.1, 0.15) is 104 Å². The first kappa shape index (κ1) is 38.4. The summed E-state index contributed by atoms with van der Waals surface area (Å²) in [6.45, 7) is 9.80. The van der Waals surface area contributed by atoms with Crippen LogP contribution < -0.4 is 0 Å². The summed E-state index contributed by atoms with van der Waals surface area (Å²) in [6.07, 6.45) is 20.0. The van der Waals surface area contributed by atoms with Crippen molar-refractivity contribution in [3.8, 4) is 0 Å². The molecule has 0 bridgehead atoms. The van der Waals surface area contributed by atoms with E-state index in [4.69, 9.17) is 24.0 Å². The number of aliphatic hydroxyl groups is 1. The molecule has 230 valence electrons. The van der Waals surface area contributed by atoms with Gasteiger partial charge in [0, 0.05) is 13.9 Å². The smallest absolute Gasteiger partial charge is 0.387 e. The molecule has 0 rings (SSSR count). The van der Waals surface area contributed by atoms with E-state index in [0.29, 0.717) is 39.2 Å². The number of unbranched alkanes of at least 4 members (excludes halogenated alkanes) is 12. The number of hydrogen-bond donors (Lipinski definition) is 3. The molecule has 3 N–H and O–H groups in total. The molecule has 1 atom stereocenters. The van der Waals surface area contributed by atoms with Crippen LogP contribution in [0.4, 0.5) is 0 Å². The summed E-state index contributed by atoms with van der Waals surface area (Å²) in [5, 5.41) is 10.2. The highest BCUT2D eigenvalue weighted by Crippen LogP contribution is 2.58. The van der Waals surface area contributed by atoms with Gasteiger partial charge in [-0.2, -0.15) is 0 Å². The largest absolute Gasteiger partial charge is 0.469 e. The maximum absolute atomic E-state index is 10.8. The molecule has 0 aliphatic heterocycles. The second-order valence-corrected chi connectivity index (χ2v) is 16.4. The highest BCUT2D eigenvalue weighted by molar-refractivity contribution is 7.75. The Bertz CT molecular complexity index is 543. The van der Waals surface area contributed by atoms with Gasteiger partial charge in [-0.25, -0.2) is 4.57 Å². The third kappa shape index (κ3) is 25.4. The Kier molecular flexibility index (Phi) is 26.6. The minimum Gasteiger partial charge on any atom is -0.387 e. The predicted molar refractivity (Wildman–Crippen MR) is 160 cm³/mol. The minimum atomic E-state index is -4.56. The summed E-state index contributed by atoms with van der Waals surface area (Å²) in [7, 11) is -6.02. The normalized spacial score (nSPS) is 13.3. The van der Waals surface area contributed by atoms with Crippen LogP contribution in [-0.4, -0.2) is 91.9 Å². The summed E-state index contributed by atoms with van der Waals surface area (Å²) in [6, 6.07) is 0. The van der Waals surface area contributed by atoms with Crippen LogP contribution in [0.25, 0.3) is 0 Å². The predicted octanol–water partition coefficient (Wildman–Crippen LogP) is 6.66. The Labute approximate surface area is 234 Å². The fraction of sp³-hybridized carbons (Fsp3) is 1.00. The van der Waals surface area contributed by atoms with Crippen molar-refractivity contribution in [3.05, 3.63) is 0 Å². The third-order valence-corrected chi connectivity index (χ3v) is 12.7. The van der Waals surface area contributed by atoms with Crippen molar-refractivity contribution in [3.63, 3.8) is 0 Å². The molecule has 0 saturated heterocycles. The van der Waals surface area contributed by atoms with Crippen LogP contribution in [0, 0.1) is 0 Å². The zero-order valence-corrected chi connectivity index (χ0v) is 26.6. The molecule has 0 aromatic heterocycles. The molecule has 0 fully saturated rings. The molecular weight excluding hydrogens is 526 g/mol. The highest BCUT2D eigenvalue weighted by Gasteiger charge is 2.36. The molecule has 0 amide bonds. The van der Waals surface area contributed by atoms with E-state index in [1.165, 1.54) is 77.0 Å². The van der Waals surface area contributed by atoms with Gasteiger partial charge in [0.25, 0.3) is 0 Å². The van der Waals surface area contributed by atoms with Crippen molar-refractivity contribution in [2.24, 2.45) is 0 Å². The Morgan fingerprint density at radius 2 is 1.05 bits per heavy atom. The average Bonchev–Trinajstić information content (AvgIpc) is 2.89. The van der Waals surface area contributed by atoms with Gasteiger partial charge in [-0.1, -0.05) is 84.0 Å². The van der Waals surface area contributed by atoms with Gasteiger partial charge in [-0.05, 0) is 20.3 Å². The molecular formula is C28H61O8P2+. The Balaban J connectivity index is 3.51. The lowest BCUT2D eigenvalue weighted by atomic mass is 10.0. The summed E-state index contributed by atoms with van der Waals surface area (Å²) >= 11 is 0. The molecule has 8 nitrogen and oxygen atoms in total. The summed E-state index contributed by atoms with van der Waals surface area (Å²) in [5.41, 5.74) is 0. The van der Waals surface area contributed by atoms with Gasteiger partial charge >= 0.3 is 7.82 Å². The molecule has 1 unspecified atom stereocenters. The fourth-order valence-corrected chi connectivity index (χ4v) is 8.26. The summed E-state index contributed by atoms with van der Waals surface area (Å²) in [4.78, 5) is 17.6. The van der Waals surface area contributed by atoms with E-state index in [9.17, 15) is 9.67 Å². The molecule has 0 aromatic carbocycles. The number of ether oxygens (including phenoxy) is 3. The van der Waals surface area contributed by atoms with Crippen molar-refractivity contribution in [2.45, 2.75) is 110 Å². The third-order valence-electron chi connectivity index (χ3n) is 7.22. The van der Waals surface area contributed by atoms with Gasteiger partial charge < -0.3 is 29.1 Å². The van der Waals surface area contributed by atoms with Crippen LogP contribution in [-0.2, 0) is 23.3 Å². The second-order valence-electron chi connectivity index (χ2n) is 10.4. The number of hydrogen-bond acceptors (Lipinski definition) is 6. The van der Waals surface area contributed by atoms with Gasteiger partial charge in [0.1, 0.15) is 6.10 Å². The van der Waals surface area contributed by atoms with Crippen LogP contribution in [0.15, 0.2) is 0 Å². The number of phosphoric ester groups is 1. The molecule has 0 radical (unpaired) electrons. The van der Waals surface area contributed by atoms with Crippen molar-refractivity contribution in [1.29, 1.82) is 0 Å². The van der Waals surface area contributed by atoms with Crippen molar-refractivity contribution < 1.29 is 38.2 Å². The van der Waals surface area contributed by atoms with Gasteiger partial charge in [0.05, 0.1) is 64.3 Å². The first-order valence-corrected chi connectivity index (χ1v) is 19.3.